The van der Waals surface area contributed by atoms with Gasteiger partial charge in [-0.05, 0) is 89.0 Å². The van der Waals surface area contributed by atoms with Gasteiger partial charge in [-0.15, -0.1) is 0 Å². The van der Waals surface area contributed by atoms with Crippen LogP contribution in [0.15, 0.2) is 59.5 Å². The summed E-state index contributed by atoms with van der Waals surface area (Å²) in [4.78, 5) is 49.5. The lowest BCUT2D eigenvalue weighted by molar-refractivity contribution is -0.128. The fourth-order valence-electron chi connectivity index (χ4n) is 5.12. The average Bonchev–Trinajstić information content (AvgIpc) is 3.57. The van der Waals surface area contributed by atoms with Crippen molar-refractivity contribution in [3.05, 3.63) is 65.9 Å². The number of nitrogens with one attached hydrogen (secondary N) is 5. The summed E-state index contributed by atoms with van der Waals surface area (Å²) in [5.74, 6) is -2.03. The van der Waals surface area contributed by atoms with E-state index in [1.165, 1.54) is 12.1 Å². The molecule has 1 aromatic heterocycles. The molecule has 1 atom stereocenters. The number of nitrogens with zero attached hydrogens (tertiary/aromatic N) is 2. The normalized spacial score (nSPS) is 11.9. The standard InChI is InChI=1S/C35H50N8O7S2/c1-25-8-10-26(11-9-25)30-20-29(42-43(30)27-12-14-28(15-13-27)52(36,49)50)35(38-18-6-2-4-16-37-17-5-3-7-19-44)31(45)21-39-32(46)22-40-33(47)23-41-34(48)24-51/h8-15,20,35,37-38,44,51H,2-7,16-19,21-24H2,1H3,(H,39,46)(H,40,47)(H,41,48)(H2,36,49,50). The lowest BCUT2D eigenvalue weighted by Crippen LogP contribution is -2.44. The van der Waals surface area contributed by atoms with Gasteiger partial charge in [0.2, 0.25) is 27.7 Å². The van der Waals surface area contributed by atoms with Crippen LogP contribution in [0.2, 0.25) is 0 Å². The van der Waals surface area contributed by atoms with Crippen LogP contribution in [0.5, 0.6) is 0 Å². The number of sulfonamides is 1. The molecule has 3 aromatic rings. The highest BCUT2D eigenvalue weighted by Crippen LogP contribution is 2.28. The minimum absolute atomic E-state index is 0.0542. The summed E-state index contributed by atoms with van der Waals surface area (Å²) in [5, 5.41) is 33.0. The monoisotopic (exact) mass is 758 g/mol. The van der Waals surface area contributed by atoms with E-state index in [9.17, 15) is 27.6 Å². The molecule has 0 saturated carbocycles. The third-order valence-electron chi connectivity index (χ3n) is 7.99. The second kappa shape index (κ2) is 22.1. The number of aliphatic hydroxyl groups is 1. The molecule has 17 heteroatoms. The Morgan fingerprint density at radius 1 is 0.808 bits per heavy atom. The smallest absolute Gasteiger partial charge is 0.239 e. The Bertz CT molecular complexity index is 1720. The van der Waals surface area contributed by atoms with Gasteiger partial charge in [0.15, 0.2) is 5.78 Å². The van der Waals surface area contributed by atoms with Crippen LogP contribution in [0.1, 0.15) is 55.8 Å². The molecule has 0 fully saturated rings. The summed E-state index contributed by atoms with van der Waals surface area (Å²) in [6.07, 6.45) is 5.43. The maximum absolute atomic E-state index is 13.7. The molecule has 0 saturated heterocycles. The SMILES string of the molecule is Cc1ccc(-c2cc(C(NCCCCCNCCCCCO)C(=O)CNC(=O)CNC(=O)CNC(=O)CS)nn2-c2ccc(S(N)(=O)=O)cc2)cc1. The van der Waals surface area contributed by atoms with E-state index in [0.29, 0.717) is 23.6 Å². The number of rotatable bonds is 24. The van der Waals surface area contributed by atoms with Gasteiger partial charge in [0.25, 0.3) is 0 Å². The van der Waals surface area contributed by atoms with Gasteiger partial charge in [-0.25, -0.2) is 18.2 Å². The number of carbonyl (C=O) groups excluding carboxylic acids is 4. The summed E-state index contributed by atoms with van der Waals surface area (Å²) >= 11 is 3.83. The topological polar surface area (TPSA) is 227 Å². The predicted octanol–water partition coefficient (Wildman–Crippen LogP) is 0.896. The molecule has 8 N–H and O–H groups in total. The van der Waals surface area contributed by atoms with Gasteiger partial charge < -0.3 is 31.7 Å². The highest BCUT2D eigenvalue weighted by Gasteiger charge is 2.26. The number of benzene rings is 2. The summed E-state index contributed by atoms with van der Waals surface area (Å²) in [7, 11) is -3.92. The minimum atomic E-state index is -3.92. The fraction of sp³-hybridized carbons (Fsp3) is 0.457. The number of hydrogen-bond donors (Lipinski definition) is 8. The molecule has 0 aliphatic carbocycles. The van der Waals surface area contributed by atoms with Crippen molar-refractivity contribution >= 4 is 46.2 Å². The van der Waals surface area contributed by atoms with E-state index in [0.717, 1.165) is 62.7 Å². The number of amides is 3. The van der Waals surface area contributed by atoms with Crippen LogP contribution >= 0.6 is 12.6 Å². The van der Waals surface area contributed by atoms with E-state index in [4.69, 9.17) is 15.3 Å². The van der Waals surface area contributed by atoms with Gasteiger partial charge in [-0.3, -0.25) is 19.2 Å². The number of aryl methyl sites for hydroxylation is 1. The zero-order valence-corrected chi connectivity index (χ0v) is 31.1. The van der Waals surface area contributed by atoms with E-state index in [2.05, 4.69) is 39.2 Å². The van der Waals surface area contributed by atoms with Crippen molar-refractivity contribution < 1.29 is 32.7 Å². The quantitative estimate of drug-likeness (QED) is 0.0476. The number of primary sulfonamides is 1. The first-order chi connectivity index (χ1) is 24.9. The van der Waals surface area contributed by atoms with Crippen molar-refractivity contribution in [2.24, 2.45) is 5.14 Å². The average molecular weight is 759 g/mol. The van der Waals surface area contributed by atoms with Gasteiger partial charge >= 0.3 is 0 Å². The molecule has 3 rings (SSSR count). The van der Waals surface area contributed by atoms with Gasteiger partial charge in [0.05, 0.1) is 47.4 Å². The molecule has 2 aromatic carbocycles. The zero-order valence-electron chi connectivity index (χ0n) is 29.4. The molecule has 284 valence electrons. The largest absolute Gasteiger partial charge is 0.396 e. The molecule has 0 bridgehead atoms. The van der Waals surface area contributed by atoms with Crippen LogP contribution in [0, 0.1) is 6.92 Å². The number of aromatic nitrogens is 2. The first-order valence-corrected chi connectivity index (χ1v) is 19.4. The maximum atomic E-state index is 13.7. The van der Waals surface area contributed by atoms with E-state index in [1.807, 2.05) is 31.2 Å². The predicted molar refractivity (Wildman–Crippen MR) is 201 cm³/mol. The molecule has 52 heavy (non-hydrogen) atoms. The second-order valence-electron chi connectivity index (χ2n) is 12.2. The molecule has 0 aliphatic heterocycles. The summed E-state index contributed by atoms with van der Waals surface area (Å²) in [5.41, 5.74) is 3.44. The molecule has 15 nitrogen and oxygen atoms in total. The van der Waals surface area contributed by atoms with E-state index >= 15 is 0 Å². The number of Topliss-reactive ketones (excluding diaryl/α,β-unsaturated/α-hetero) is 1. The Balaban J connectivity index is 1.77. The molecular weight excluding hydrogens is 709 g/mol. The van der Waals surface area contributed by atoms with Crippen LogP contribution in [-0.2, 0) is 29.2 Å². The molecule has 0 aliphatic rings. The highest BCUT2D eigenvalue weighted by atomic mass is 32.2. The molecule has 0 radical (unpaired) electrons. The van der Waals surface area contributed by atoms with Gasteiger partial charge in [0, 0.05) is 12.2 Å². The Morgan fingerprint density at radius 3 is 1.98 bits per heavy atom. The number of nitrogens with two attached hydrogens (primary N) is 1. The van der Waals surface area contributed by atoms with Crippen LogP contribution in [0.3, 0.4) is 0 Å². The van der Waals surface area contributed by atoms with Crippen molar-refractivity contribution in [2.75, 3.05) is 51.6 Å². The Morgan fingerprint density at radius 2 is 1.38 bits per heavy atom. The summed E-state index contributed by atoms with van der Waals surface area (Å²) < 4.78 is 25.4. The molecule has 1 heterocycles. The van der Waals surface area contributed by atoms with E-state index in [1.54, 1.807) is 22.9 Å². The van der Waals surface area contributed by atoms with E-state index in [-0.39, 0.29) is 36.1 Å². The third-order valence-corrected chi connectivity index (χ3v) is 9.21. The number of unbranched alkanes of at least 4 members (excludes halogenated alkanes) is 4. The van der Waals surface area contributed by atoms with E-state index < -0.39 is 40.3 Å². The third kappa shape index (κ3) is 14.5. The summed E-state index contributed by atoms with van der Waals surface area (Å²) in [6.45, 7) is 3.37. The van der Waals surface area contributed by atoms with Crippen LogP contribution in [0.4, 0.5) is 0 Å². The highest BCUT2D eigenvalue weighted by molar-refractivity contribution is 7.89. The van der Waals surface area contributed by atoms with Gasteiger partial charge in [-0.1, -0.05) is 36.2 Å². The van der Waals surface area contributed by atoms with Gasteiger partial charge in [0.1, 0.15) is 6.04 Å². The van der Waals surface area contributed by atoms with Gasteiger partial charge in [-0.2, -0.15) is 17.7 Å². The minimum Gasteiger partial charge on any atom is -0.396 e. The Labute approximate surface area is 310 Å². The number of hydrogen-bond acceptors (Lipinski definition) is 11. The number of thiol groups is 1. The number of ketones is 1. The van der Waals surface area contributed by atoms with Crippen LogP contribution in [-0.4, -0.2) is 98.4 Å². The van der Waals surface area contributed by atoms with Crippen molar-refractivity contribution in [2.45, 2.75) is 56.4 Å². The van der Waals surface area contributed by atoms with Crippen molar-refractivity contribution in [3.8, 4) is 16.9 Å². The number of aliphatic hydroxyl groups excluding tert-OH is 1. The molecule has 3 amide bonds. The Hall–Kier alpha value is -4.13. The maximum Gasteiger partial charge on any atom is 0.239 e. The first-order valence-electron chi connectivity index (χ1n) is 17.2. The lowest BCUT2D eigenvalue weighted by Gasteiger charge is -2.16. The van der Waals surface area contributed by atoms with Crippen molar-refractivity contribution in [3.63, 3.8) is 0 Å². The van der Waals surface area contributed by atoms with Crippen molar-refractivity contribution in [1.29, 1.82) is 0 Å². The second-order valence-corrected chi connectivity index (χ2v) is 14.1. The fourth-order valence-corrected chi connectivity index (χ4v) is 5.74. The molecule has 1 unspecified atom stereocenters. The lowest BCUT2D eigenvalue weighted by atomic mass is 10.1. The first kappa shape index (κ1) is 42.3. The molecule has 0 spiro atoms. The number of carbonyl (C=O) groups is 4. The Kier molecular flexibility index (Phi) is 17.9. The zero-order chi connectivity index (χ0) is 37.9. The van der Waals surface area contributed by atoms with Crippen LogP contribution < -0.4 is 31.7 Å². The molecular formula is C35H50N8O7S2. The van der Waals surface area contributed by atoms with Crippen molar-refractivity contribution in [1.82, 2.24) is 36.4 Å². The van der Waals surface area contributed by atoms with Crippen LogP contribution in [0.25, 0.3) is 16.9 Å². The summed E-state index contributed by atoms with van der Waals surface area (Å²) in [6, 6.07) is 14.6.